The Morgan fingerprint density at radius 2 is 1.05 bits per heavy atom. The molecule has 0 saturated carbocycles. The van der Waals surface area contributed by atoms with Gasteiger partial charge in [-0.15, -0.1) is 0 Å². The highest BCUT2D eigenvalue weighted by molar-refractivity contribution is 5.73. The third-order valence-electron chi connectivity index (χ3n) is 10.8. The smallest absolute Gasteiger partial charge is 0.217 e. The van der Waals surface area contributed by atoms with Crippen molar-refractivity contribution in [1.82, 2.24) is 10.6 Å². The second kappa shape index (κ2) is 23.4. The topological polar surface area (TPSA) is 456 Å². The lowest BCUT2D eigenvalue weighted by molar-refractivity contribution is -0.371. The zero-order valence-corrected chi connectivity index (χ0v) is 33.3. The molecule has 0 unspecified atom stereocenters. The van der Waals surface area contributed by atoms with Gasteiger partial charge in [0.25, 0.3) is 0 Å². The van der Waals surface area contributed by atoms with Crippen molar-refractivity contribution in [2.45, 2.75) is 161 Å². The molecule has 4 fully saturated rings. The Morgan fingerprint density at radius 1 is 0.548 bits per heavy atom. The Morgan fingerprint density at radius 3 is 1.56 bits per heavy atom. The third-order valence-corrected chi connectivity index (χ3v) is 10.8. The van der Waals surface area contributed by atoms with Crippen molar-refractivity contribution in [3.8, 4) is 0 Å². The van der Waals surface area contributed by atoms with Crippen LogP contribution in [0.1, 0.15) is 13.8 Å². The molecule has 0 bridgehead atoms. The molecule has 62 heavy (non-hydrogen) atoms. The van der Waals surface area contributed by atoms with E-state index in [0.717, 1.165) is 13.8 Å². The summed E-state index contributed by atoms with van der Waals surface area (Å²) in [5.74, 6) is -1.52. The molecule has 4 aliphatic heterocycles. The number of ether oxygens (including phenoxy) is 8. The van der Waals surface area contributed by atoms with Gasteiger partial charge in [-0.25, -0.2) is 0 Å². The minimum absolute atomic E-state index is 0.705. The molecule has 4 saturated heterocycles. The molecular formula is C34H60N2O26. The molecule has 4 heterocycles. The first-order chi connectivity index (χ1) is 29.2. The summed E-state index contributed by atoms with van der Waals surface area (Å²) in [4.78, 5) is 23.9. The fraction of sp³-hybridized carbons (Fsp3) is 0.941. The summed E-state index contributed by atoms with van der Waals surface area (Å²) in [7, 11) is 0. The van der Waals surface area contributed by atoms with Gasteiger partial charge in [-0.3, -0.25) is 9.59 Å². The van der Waals surface area contributed by atoms with Gasteiger partial charge in [0.05, 0.1) is 45.7 Å². The molecule has 362 valence electrons. The summed E-state index contributed by atoms with van der Waals surface area (Å²) in [5, 5.41) is 172. The molecule has 0 radical (unpaired) electrons. The van der Waals surface area contributed by atoms with E-state index in [-0.39, 0.29) is 0 Å². The molecule has 0 spiro atoms. The van der Waals surface area contributed by atoms with Crippen LogP contribution in [-0.2, 0) is 47.5 Å². The molecule has 0 aliphatic carbocycles. The summed E-state index contributed by atoms with van der Waals surface area (Å²) in [6.07, 6.45) is -41.0. The maximum atomic E-state index is 12.3. The number of rotatable bonds is 19. The van der Waals surface area contributed by atoms with E-state index in [9.17, 15) is 91.3 Å². The number of aliphatic hydroxyl groups is 16. The minimum Gasteiger partial charge on any atom is -0.394 e. The first kappa shape index (κ1) is 52.6. The number of hydrogen-bond donors (Lipinski definition) is 18. The average molecular weight is 913 g/mol. The predicted octanol–water partition coefficient (Wildman–Crippen LogP) is -12.0. The Bertz CT molecular complexity index is 1390. The molecule has 24 atom stereocenters. The van der Waals surface area contributed by atoms with Crippen molar-refractivity contribution in [3.05, 3.63) is 0 Å². The lowest BCUT2D eigenvalue weighted by Crippen LogP contribution is -2.68. The van der Waals surface area contributed by atoms with Gasteiger partial charge in [0.1, 0.15) is 116 Å². The normalized spacial score (nSPS) is 43.6. The average Bonchev–Trinajstić information content (AvgIpc) is 3.24. The lowest BCUT2D eigenvalue weighted by Gasteiger charge is -2.48. The fourth-order valence-corrected chi connectivity index (χ4v) is 7.32. The number of amides is 2. The number of nitrogens with one attached hydrogen (secondary N) is 2. The Kier molecular flexibility index (Phi) is 19.9. The highest BCUT2D eigenvalue weighted by Gasteiger charge is 2.54. The molecule has 0 aromatic heterocycles. The molecule has 2 amide bonds. The first-order valence-corrected chi connectivity index (χ1v) is 19.5. The van der Waals surface area contributed by atoms with Crippen LogP contribution in [0.4, 0.5) is 0 Å². The van der Waals surface area contributed by atoms with Crippen molar-refractivity contribution in [2.24, 2.45) is 0 Å². The van der Waals surface area contributed by atoms with E-state index in [1.165, 1.54) is 0 Å². The van der Waals surface area contributed by atoms with Crippen LogP contribution in [0.15, 0.2) is 0 Å². The van der Waals surface area contributed by atoms with Crippen molar-refractivity contribution >= 4 is 11.8 Å². The van der Waals surface area contributed by atoms with Gasteiger partial charge in [-0.2, -0.15) is 0 Å². The van der Waals surface area contributed by atoms with Gasteiger partial charge >= 0.3 is 0 Å². The second-order valence-corrected chi connectivity index (χ2v) is 15.2. The summed E-state index contributed by atoms with van der Waals surface area (Å²) in [5.41, 5.74) is 0. The van der Waals surface area contributed by atoms with Crippen LogP contribution in [0, 0.1) is 0 Å². The number of aliphatic hydroxyl groups excluding tert-OH is 16. The van der Waals surface area contributed by atoms with Crippen molar-refractivity contribution < 1.29 is 129 Å². The van der Waals surface area contributed by atoms with Gasteiger partial charge in [-0.05, 0) is 0 Å². The summed E-state index contributed by atoms with van der Waals surface area (Å²) < 4.78 is 44.7. The van der Waals surface area contributed by atoms with Crippen LogP contribution in [-0.4, -0.2) is 280 Å². The van der Waals surface area contributed by atoms with Crippen LogP contribution >= 0.6 is 0 Å². The van der Waals surface area contributed by atoms with Gasteiger partial charge in [0, 0.05) is 13.8 Å². The zero-order chi connectivity index (χ0) is 46.3. The van der Waals surface area contributed by atoms with Crippen molar-refractivity contribution in [2.75, 3.05) is 39.6 Å². The number of carbonyl (C=O) groups excluding carboxylic acids is 2. The zero-order valence-electron chi connectivity index (χ0n) is 33.3. The van der Waals surface area contributed by atoms with E-state index in [1.807, 2.05) is 0 Å². The minimum atomic E-state index is -2.11. The molecule has 0 aromatic rings. The van der Waals surface area contributed by atoms with Crippen LogP contribution in [0.3, 0.4) is 0 Å². The molecule has 28 nitrogen and oxygen atoms in total. The van der Waals surface area contributed by atoms with E-state index in [4.69, 9.17) is 37.9 Å². The van der Waals surface area contributed by atoms with E-state index in [2.05, 4.69) is 10.6 Å². The van der Waals surface area contributed by atoms with Crippen LogP contribution < -0.4 is 10.6 Å². The van der Waals surface area contributed by atoms with Gasteiger partial charge in [0.2, 0.25) is 11.8 Å². The van der Waals surface area contributed by atoms with Gasteiger partial charge in [0.15, 0.2) is 25.2 Å². The largest absolute Gasteiger partial charge is 0.394 e. The van der Waals surface area contributed by atoms with E-state index in [0.29, 0.717) is 0 Å². The van der Waals surface area contributed by atoms with Gasteiger partial charge < -0.3 is 130 Å². The number of carbonyl (C=O) groups is 2. The molecule has 4 aliphatic rings. The van der Waals surface area contributed by atoms with E-state index < -0.39 is 199 Å². The summed E-state index contributed by atoms with van der Waals surface area (Å²) in [6.45, 7) is -3.43. The Labute approximate surface area is 352 Å². The second-order valence-electron chi connectivity index (χ2n) is 15.2. The quantitative estimate of drug-likeness (QED) is 0.0572. The molecule has 0 aromatic carbocycles. The van der Waals surface area contributed by atoms with Crippen molar-refractivity contribution in [3.63, 3.8) is 0 Å². The van der Waals surface area contributed by atoms with E-state index in [1.54, 1.807) is 0 Å². The van der Waals surface area contributed by atoms with Crippen LogP contribution in [0.5, 0.6) is 0 Å². The van der Waals surface area contributed by atoms with Crippen LogP contribution in [0.2, 0.25) is 0 Å². The highest BCUT2D eigenvalue weighted by atomic mass is 16.8. The fourth-order valence-electron chi connectivity index (χ4n) is 7.32. The third kappa shape index (κ3) is 12.1. The Balaban J connectivity index is 1.50. The SMILES string of the molecule is CC(=O)N[C@H]1[C@H](O[C@@H]([C@H](O)[C@H](CO)NC(C)=O)[C@H](O)CO)O[C@H](CO)[C@@H](O[C@@H]2O[C@H](CO[C@H]3O[C@H](CO)[C@@H](O)[C@H](O[C@H]4O[C@H](CO)[C@@H](O)[C@H](O)[C@@H]4O)[C@@H]3O)[C@@H](O)[C@H](O)[C@@H]2O)[C@@H]1O. The number of hydrogen-bond acceptors (Lipinski definition) is 26. The summed E-state index contributed by atoms with van der Waals surface area (Å²) >= 11 is 0. The highest BCUT2D eigenvalue weighted by Crippen LogP contribution is 2.33. The van der Waals surface area contributed by atoms with Crippen LogP contribution in [0.25, 0.3) is 0 Å². The summed E-state index contributed by atoms with van der Waals surface area (Å²) in [6, 6.07) is -3.18. The van der Waals surface area contributed by atoms with Crippen molar-refractivity contribution in [1.29, 1.82) is 0 Å². The molecule has 18 N–H and O–H groups in total. The Hall–Kier alpha value is -2.02. The first-order valence-electron chi connectivity index (χ1n) is 19.5. The standard InChI is InChI=1S/C34H60N2O26/c1-9(42)35-11(3-37)18(45)28(12(44)4-38)60-31-17(36-10(2)43)22(49)29(15(7-41)58-31)61-34-26(53)24(51)20(47)16(59-34)8-55-32-27(54)30(21(48)14(6-40)56-32)62-33-25(52)23(50)19(46)13(5-39)57-33/h11-34,37-41,44-54H,3-8H2,1-2H3,(H,35,42)(H,36,43)/t11-,12+,13+,14+,15+,16+,17+,18+,19+,20+,21+,22+,23-,24-,25-,26-,27-,28+,29+,30-,31-,32-,33+,34-/m0/s1. The monoisotopic (exact) mass is 912 g/mol. The maximum absolute atomic E-state index is 12.3. The molecular weight excluding hydrogens is 852 g/mol. The van der Waals surface area contributed by atoms with E-state index >= 15 is 0 Å². The lowest BCUT2D eigenvalue weighted by atomic mass is 9.95. The molecule has 28 heteroatoms. The predicted molar refractivity (Wildman–Crippen MR) is 192 cm³/mol. The maximum Gasteiger partial charge on any atom is 0.217 e. The van der Waals surface area contributed by atoms with Gasteiger partial charge in [-0.1, -0.05) is 0 Å². The molecule has 4 rings (SSSR count).